The van der Waals surface area contributed by atoms with Gasteiger partial charge in [0.2, 0.25) is 11.8 Å². The summed E-state index contributed by atoms with van der Waals surface area (Å²) >= 11 is 12.3. The second-order valence-corrected chi connectivity index (χ2v) is 11.3. The Labute approximate surface area is 239 Å². The predicted octanol–water partition coefficient (Wildman–Crippen LogP) is 5.18. The van der Waals surface area contributed by atoms with E-state index in [1.165, 1.54) is 0 Å². The Bertz CT molecular complexity index is 1270. The number of hydrogen-bond donors (Lipinski definition) is 1. The number of benzene rings is 2. The summed E-state index contributed by atoms with van der Waals surface area (Å²) in [7, 11) is 3.24. The van der Waals surface area contributed by atoms with Crippen molar-refractivity contribution < 1.29 is 19.1 Å². The van der Waals surface area contributed by atoms with Crippen LogP contribution in [-0.4, -0.2) is 60.8 Å². The van der Waals surface area contributed by atoms with E-state index < -0.39 is 0 Å². The molecule has 2 heterocycles. The van der Waals surface area contributed by atoms with E-state index in [0.717, 1.165) is 42.5 Å². The van der Waals surface area contributed by atoms with Gasteiger partial charge in [-0.15, -0.1) is 0 Å². The van der Waals surface area contributed by atoms with Crippen molar-refractivity contribution in [2.75, 3.05) is 33.0 Å². The third kappa shape index (κ3) is 5.54. The van der Waals surface area contributed by atoms with Crippen LogP contribution in [0.25, 0.3) is 0 Å². The molecule has 2 amide bonds. The molecule has 0 spiro atoms. The van der Waals surface area contributed by atoms with Crippen LogP contribution in [0.4, 0.5) is 5.69 Å². The monoisotopic (exact) mass is 572 g/mol. The fourth-order valence-corrected chi connectivity index (χ4v) is 6.61. The summed E-state index contributed by atoms with van der Waals surface area (Å²) in [4.78, 5) is 28.5. The van der Waals surface area contributed by atoms with Crippen molar-refractivity contribution in [2.45, 2.75) is 51.0 Å². The molecule has 39 heavy (non-hydrogen) atoms. The molecule has 2 aliphatic heterocycles. The fourth-order valence-electron chi connectivity index (χ4n) is 6.08. The van der Waals surface area contributed by atoms with Crippen molar-refractivity contribution in [3.63, 3.8) is 0 Å². The fraction of sp³-hybridized carbons (Fsp3) is 0.483. The molecule has 2 aromatic rings. The molecular formula is C29H34Cl2N4O4. The molecule has 1 saturated heterocycles. The lowest BCUT2D eigenvalue weighted by molar-refractivity contribution is -0.143. The molecule has 0 radical (unpaired) electrons. The number of rotatable bonds is 6. The van der Waals surface area contributed by atoms with Crippen LogP contribution < -0.4 is 15.2 Å². The zero-order chi connectivity index (χ0) is 27.7. The van der Waals surface area contributed by atoms with E-state index >= 15 is 0 Å². The Morgan fingerprint density at radius 2 is 1.62 bits per heavy atom. The molecule has 10 heteroatoms. The van der Waals surface area contributed by atoms with Gasteiger partial charge < -0.3 is 20.1 Å². The number of piperidine rings is 1. The molecular weight excluding hydrogens is 539 g/mol. The number of carbonyl (C=O) groups excluding carboxylic acids is 2. The Hall–Kier alpha value is -2.97. The topological polar surface area (TPSA) is 97.5 Å². The van der Waals surface area contributed by atoms with E-state index in [-0.39, 0.29) is 36.1 Å². The minimum absolute atomic E-state index is 0.00260. The van der Waals surface area contributed by atoms with E-state index in [2.05, 4.69) is 0 Å². The van der Waals surface area contributed by atoms with Gasteiger partial charge >= 0.3 is 0 Å². The van der Waals surface area contributed by atoms with Gasteiger partial charge in [0.1, 0.15) is 0 Å². The summed E-state index contributed by atoms with van der Waals surface area (Å²) in [5, 5.41) is 7.41. The molecule has 2 fully saturated rings. The summed E-state index contributed by atoms with van der Waals surface area (Å²) in [6.07, 6.45) is 5.48. The molecule has 1 aliphatic carbocycles. The SMILES string of the molecule is COc1ccc(C2=NN(C3CCN(C(=O)Cc4cc(Cl)c(N)c(Cl)c4)CC3)C(=O)C3CCCCC23)cc1OC. The first-order valence-corrected chi connectivity index (χ1v) is 14.2. The number of likely N-dealkylation sites (tertiary alicyclic amines) is 1. The van der Waals surface area contributed by atoms with Crippen LogP contribution in [-0.2, 0) is 16.0 Å². The lowest BCUT2D eigenvalue weighted by Crippen LogP contribution is -2.53. The van der Waals surface area contributed by atoms with Gasteiger partial charge in [-0.25, -0.2) is 5.01 Å². The summed E-state index contributed by atoms with van der Waals surface area (Å²) < 4.78 is 11.0. The smallest absolute Gasteiger partial charge is 0.246 e. The van der Waals surface area contributed by atoms with Crippen LogP contribution in [0, 0.1) is 11.8 Å². The number of hydrogen-bond acceptors (Lipinski definition) is 6. The van der Waals surface area contributed by atoms with E-state index in [9.17, 15) is 9.59 Å². The number of fused-ring (bicyclic) bond motifs is 1. The first-order valence-electron chi connectivity index (χ1n) is 13.5. The van der Waals surface area contributed by atoms with Gasteiger partial charge in [0.25, 0.3) is 0 Å². The normalized spacial score (nSPS) is 21.8. The molecule has 2 atom stereocenters. The second-order valence-electron chi connectivity index (χ2n) is 10.5. The average molecular weight is 574 g/mol. The van der Waals surface area contributed by atoms with Crippen LogP contribution in [0.2, 0.25) is 10.0 Å². The van der Waals surface area contributed by atoms with E-state index in [4.69, 9.17) is 43.5 Å². The zero-order valence-corrected chi connectivity index (χ0v) is 23.8. The van der Waals surface area contributed by atoms with Crippen LogP contribution in [0.5, 0.6) is 11.5 Å². The molecule has 5 rings (SSSR count). The number of nitrogens with two attached hydrogens (primary N) is 1. The molecule has 3 aliphatic rings. The van der Waals surface area contributed by atoms with Crippen molar-refractivity contribution in [2.24, 2.45) is 16.9 Å². The predicted molar refractivity (Wildman–Crippen MR) is 153 cm³/mol. The number of amides is 2. The van der Waals surface area contributed by atoms with Crippen LogP contribution in [0.3, 0.4) is 0 Å². The van der Waals surface area contributed by atoms with Gasteiger partial charge in [-0.3, -0.25) is 9.59 Å². The van der Waals surface area contributed by atoms with Crippen molar-refractivity contribution >= 4 is 46.4 Å². The number of nitrogens with zero attached hydrogens (tertiary/aromatic N) is 3. The summed E-state index contributed by atoms with van der Waals surface area (Å²) in [5.41, 5.74) is 8.76. The molecule has 0 aromatic heterocycles. The number of ether oxygens (including phenoxy) is 2. The summed E-state index contributed by atoms with van der Waals surface area (Å²) in [6.45, 7) is 1.11. The van der Waals surface area contributed by atoms with Crippen LogP contribution in [0.15, 0.2) is 35.4 Å². The second kappa shape index (κ2) is 11.6. The number of carbonyl (C=O) groups is 2. The van der Waals surface area contributed by atoms with Crippen molar-refractivity contribution in [3.8, 4) is 11.5 Å². The van der Waals surface area contributed by atoms with Crippen molar-refractivity contribution in [1.29, 1.82) is 0 Å². The maximum absolute atomic E-state index is 13.7. The van der Waals surface area contributed by atoms with Gasteiger partial charge in [0.05, 0.1) is 48.1 Å². The maximum atomic E-state index is 13.7. The highest BCUT2D eigenvalue weighted by atomic mass is 35.5. The van der Waals surface area contributed by atoms with Gasteiger partial charge in [-0.1, -0.05) is 36.0 Å². The molecule has 8 nitrogen and oxygen atoms in total. The zero-order valence-electron chi connectivity index (χ0n) is 22.3. The summed E-state index contributed by atoms with van der Waals surface area (Å²) in [6, 6.07) is 9.15. The molecule has 2 aromatic carbocycles. The standard InChI is InChI=1S/C29H34Cl2N4O4/c1-38-24-8-7-18(16-25(24)39-2)28-20-5-3-4-6-21(20)29(37)35(33-28)19-9-11-34(12-10-19)26(36)15-17-13-22(30)27(32)23(31)14-17/h7-8,13-14,16,19-21H,3-6,9-12,15,32H2,1-2H3. The minimum atomic E-state index is -0.0703. The molecule has 1 saturated carbocycles. The first-order chi connectivity index (χ1) is 18.8. The number of anilines is 1. The van der Waals surface area contributed by atoms with Crippen molar-refractivity contribution in [3.05, 3.63) is 51.5 Å². The van der Waals surface area contributed by atoms with Gasteiger partial charge in [0, 0.05) is 30.5 Å². The average Bonchev–Trinajstić information content (AvgIpc) is 2.96. The van der Waals surface area contributed by atoms with Gasteiger partial charge in [0.15, 0.2) is 11.5 Å². The van der Waals surface area contributed by atoms with Crippen LogP contribution >= 0.6 is 23.2 Å². The molecule has 2 unspecified atom stereocenters. The first kappa shape index (κ1) is 27.6. The van der Waals surface area contributed by atoms with E-state index in [1.54, 1.807) is 31.4 Å². The molecule has 208 valence electrons. The lowest BCUT2D eigenvalue weighted by Gasteiger charge is -2.43. The highest BCUT2D eigenvalue weighted by Gasteiger charge is 2.44. The quantitative estimate of drug-likeness (QED) is 0.481. The Morgan fingerprint density at radius 3 is 2.26 bits per heavy atom. The lowest BCUT2D eigenvalue weighted by atomic mass is 9.73. The van der Waals surface area contributed by atoms with Gasteiger partial charge in [-0.05, 0) is 61.6 Å². The van der Waals surface area contributed by atoms with Crippen molar-refractivity contribution in [1.82, 2.24) is 9.91 Å². The maximum Gasteiger partial charge on any atom is 0.246 e. The number of methoxy groups -OCH3 is 2. The summed E-state index contributed by atoms with van der Waals surface area (Å²) in [5.74, 6) is 1.44. The Kier molecular flexibility index (Phi) is 8.24. The largest absolute Gasteiger partial charge is 0.493 e. The highest BCUT2D eigenvalue weighted by Crippen LogP contribution is 2.40. The number of halogens is 2. The third-order valence-electron chi connectivity index (χ3n) is 8.21. The molecule has 2 N–H and O–H groups in total. The number of nitrogen functional groups attached to an aromatic ring is 1. The number of hydrazone groups is 1. The van der Waals surface area contributed by atoms with E-state index in [0.29, 0.717) is 53.2 Å². The van der Waals surface area contributed by atoms with Gasteiger partial charge in [-0.2, -0.15) is 5.10 Å². The Balaban J connectivity index is 1.33. The Morgan fingerprint density at radius 1 is 0.974 bits per heavy atom. The van der Waals surface area contributed by atoms with Crippen LogP contribution in [0.1, 0.15) is 49.7 Å². The minimum Gasteiger partial charge on any atom is -0.493 e. The molecule has 0 bridgehead atoms. The third-order valence-corrected chi connectivity index (χ3v) is 8.84. The van der Waals surface area contributed by atoms with E-state index in [1.807, 2.05) is 23.1 Å². The highest BCUT2D eigenvalue weighted by molar-refractivity contribution is 6.38.